The van der Waals surface area contributed by atoms with E-state index in [9.17, 15) is 19.8 Å². The number of ether oxygens (including phenoxy) is 5. The number of carbonyl (C=O) groups is 2. The van der Waals surface area contributed by atoms with Crippen LogP contribution in [0.4, 0.5) is 5.69 Å². The Bertz CT molecular complexity index is 2300. The first kappa shape index (κ1) is 36.9. The number of phenolic OH excluding ortho intramolecular Hbond substituents is 1. The predicted molar refractivity (Wildman–Crippen MR) is 210 cm³/mol. The third-order valence-electron chi connectivity index (χ3n) is 12.7. The first-order valence-corrected chi connectivity index (χ1v) is 20.1. The van der Waals surface area contributed by atoms with Crippen LogP contribution < -0.4 is 34.3 Å². The number of esters is 1. The Balaban J connectivity index is 1.24. The first-order valence-electron chi connectivity index (χ1n) is 19.1. The molecular weight excluding hydrogens is 739 g/mol. The third kappa shape index (κ3) is 5.53. The van der Waals surface area contributed by atoms with Crippen molar-refractivity contribution in [3.63, 3.8) is 0 Å². The fourth-order valence-electron chi connectivity index (χ4n) is 10.1. The molecule has 14 nitrogen and oxygen atoms in total. The number of fused-ring (bicyclic) bond motifs is 5. The van der Waals surface area contributed by atoms with E-state index in [1.54, 1.807) is 14.2 Å². The van der Waals surface area contributed by atoms with Crippen LogP contribution in [0.5, 0.6) is 34.5 Å². The van der Waals surface area contributed by atoms with Crippen molar-refractivity contribution in [2.75, 3.05) is 71.9 Å². The number of aromatic hydroxyl groups is 1. The molecule has 6 atom stereocenters. The van der Waals surface area contributed by atoms with E-state index in [1.807, 2.05) is 49.9 Å². The van der Waals surface area contributed by atoms with Gasteiger partial charge in [0.2, 0.25) is 12.7 Å². The maximum Gasteiger partial charge on any atom is 0.308 e. The molecule has 6 aliphatic heterocycles. The van der Waals surface area contributed by atoms with Crippen LogP contribution in [-0.2, 0) is 16.0 Å². The summed E-state index contributed by atoms with van der Waals surface area (Å²) in [7, 11) is 5.50. The van der Waals surface area contributed by atoms with Crippen molar-refractivity contribution in [2.45, 2.75) is 56.6 Å². The number of thioether (sulfide) groups is 1. The summed E-state index contributed by atoms with van der Waals surface area (Å²) >= 11 is 1.84. The lowest BCUT2D eigenvalue weighted by molar-refractivity contribution is -0.941. The summed E-state index contributed by atoms with van der Waals surface area (Å²) in [6.07, 6.45) is 0.816. The number of aryl methyl sites for hydroxylation is 1. The number of H-pyrrole nitrogens is 1. The van der Waals surface area contributed by atoms with E-state index >= 15 is 0 Å². The average molecular weight is 787 g/mol. The molecule has 10 rings (SSSR count). The van der Waals surface area contributed by atoms with Gasteiger partial charge in [0.05, 0.1) is 68.8 Å². The molecule has 4 aromatic rings. The van der Waals surface area contributed by atoms with Gasteiger partial charge in [0.15, 0.2) is 23.0 Å². The minimum absolute atomic E-state index is 0.0427. The highest BCUT2D eigenvalue weighted by atomic mass is 32.2. The number of methoxy groups -OCH3 is 2. The maximum absolute atomic E-state index is 12.9. The standard InChI is InChI=1S/C41H47N5O9S/c1-19-7-8-23(36(50)37(19)52-6)34-35-41-32-31(40-39(53-18-54-40)20(2)38(32)55-21(3)48)27(45(35)11-10-42-34)15-46(4)12-9-22-24-13-29(51-5)26(43-30(49)16-47)14-25(24)44-33(22)28(46)17-56-41/h7-8,13-14,27-28,34-35,41-42,44,47H,9-12,15-18H2,1-6H3,(H-,43,49,50)/p+1. The van der Waals surface area contributed by atoms with Gasteiger partial charge < -0.3 is 54.0 Å². The van der Waals surface area contributed by atoms with Gasteiger partial charge >= 0.3 is 5.97 Å². The summed E-state index contributed by atoms with van der Waals surface area (Å²) in [5.74, 6) is 2.77. The number of nitrogens with one attached hydrogen (secondary N) is 3. The number of benzene rings is 3. The lowest BCUT2D eigenvalue weighted by Crippen LogP contribution is -2.61. The fraction of sp³-hybridized carbons (Fsp3) is 0.463. The SMILES string of the molecule is COc1cc2c3c([nH]c2cc1NC(=O)CO)C1CSC2c4c(OC(C)=O)c(C)c5c(c4C(C[N+]1(C)CC3)N1CCNC(c3ccc(C)c(OC)c3O)C21)OCO5. The van der Waals surface area contributed by atoms with Crippen molar-refractivity contribution in [2.24, 2.45) is 0 Å². The zero-order chi connectivity index (χ0) is 39.2. The maximum atomic E-state index is 12.9. The van der Waals surface area contributed by atoms with Crippen LogP contribution in [0.3, 0.4) is 0 Å². The van der Waals surface area contributed by atoms with Gasteiger partial charge in [0.1, 0.15) is 24.1 Å². The molecule has 0 saturated carbocycles. The minimum atomic E-state index is -0.632. The molecule has 1 amide bonds. The highest BCUT2D eigenvalue weighted by Gasteiger charge is 2.56. The summed E-state index contributed by atoms with van der Waals surface area (Å²) in [6, 6.07) is 7.30. The number of anilines is 1. The van der Waals surface area contributed by atoms with Gasteiger partial charge in [-0.3, -0.25) is 14.5 Å². The van der Waals surface area contributed by atoms with Crippen LogP contribution in [0.15, 0.2) is 24.3 Å². The lowest BCUT2D eigenvalue weighted by atomic mass is 9.78. The molecule has 2 bridgehead atoms. The van der Waals surface area contributed by atoms with Gasteiger partial charge in [-0.15, -0.1) is 11.8 Å². The molecule has 1 aromatic heterocycles. The Kier molecular flexibility index (Phi) is 9.08. The minimum Gasteiger partial charge on any atom is -0.504 e. The van der Waals surface area contributed by atoms with Crippen LogP contribution >= 0.6 is 11.8 Å². The van der Waals surface area contributed by atoms with E-state index in [2.05, 4.69) is 27.6 Å². The quantitative estimate of drug-likeness (QED) is 0.104. The molecule has 5 N–H and O–H groups in total. The van der Waals surface area contributed by atoms with E-state index in [-0.39, 0.29) is 42.0 Å². The number of nitrogens with zero attached hydrogens (tertiary/aromatic N) is 2. The average Bonchev–Trinajstić information content (AvgIpc) is 3.82. The summed E-state index contributed by atoms with van der Waals surface area (Å²) < 4.78 is 30.8. The molecule has 6 unspecified atom stereocenters. The summed E-state index contributed by atoms with van der Waals surface area (Å²) in [6.45, 7) is 7.78. The smallest absolute Gasteiger partial charge is 0.308 e. The van der Waals surface area contributed by atoms with Crippen molar-refractivity contribution in [1.82, 2.24) is 15.2 Å². The lowest BCUT2D eigenvalue weighted by Gasteiger charge is -2.54. The Morgan fingerprint density at radius 2 is 1.91 bits per heavy atom. The van der Waals surface area contributed by atoms with Gasteiger partial charge in [-0.1, -0.05) is 12.1 Å². The molecule has 3 aromatic carbocycles. The molecule has 296 valence electrons. The Morgan fingerprint density at radius 3 is 2.66 bits per heavy atom. The summed E-state index contributed by atoms with van der Waals surface area (Å²) in [4.78, 5) is 31.5. The number of piperazine rings is 1. The van der Waals surface area contributed by atoms with E-state index in [4.69, 9.17) is 23.7 Å². The topological polar surface area (TPSA) is 164 Å². The molecule has 6 aliphatic rings. The molecule has 0 radical (unpaired) electrons. The van der Waals surface area contributed by atoms with E-state index in [1.165, 1.54) is 12.5 Å². The van der Waals surface area contributed by atoms with Crippen molar-refractivity contribution in [3.8, 4) is 34.5 Å². The highest BCUT2D eigenvalue weighted by Crippen LogP contribution is 2.62. The van der Waals surface area contributed by atoms with Crippen molar-refractivity contribution in [1.29, 1.82) is 0 Å². The second kappa shape index (κ2) is 13.8. The number of hydrogen-bond acceptors (Lipinski definition) is 12. The number of likely N-dealkylation sites (N-methyl/N-ethyl adjacent to an activating group) is 1. The van der Waals surface area contributed by atoms with Crippen LogP contribution in [0.1, 0.15) is 69.4 Å². The van der Waals surface area contributed by atoms with Crippen LogP contribution in [-0.4, -0.2) is 109 Å². The number of quaternary nitrogens is 1. The molecule has 7 heterocycles. The number of rotatable bonds is 6. The zero-order valence-electron chi connectivity index (χ0n) is 32.4. The first-order chi connectivity index (χ1) is 27.0. The van der Waals surface area contributed by atoms with Gasteiger partial charge in [0.25, 0.3) is 0 Å². The van der Waals surface area contributed by atoms with Crippen LogP contribution in [0, 0.1) is 13.8 Å². The highest BCUT2D eigenvalue weighted by molar-refractivity contribution is 7.99. The number of carbonyl (C=O) groups excluding carboxylic acids is 2. The molecule has 2 fully saturated rings. The number of aliphatic hydroxyl groups excluding tert-OH is 1. The zero-order valence-corrected chi connectivity index (χ0v) is 33.2. The van der Waals surface area contributed by atoms with Crippen molar-refractivity contribution < 1.29 is 48.0 Å². The Hall–Kier alpha value is -4.67. The van der Waals surface area contributed by atoms with Crippen LogP contribution in [0.2, 0.25) is 0 Å². The number of amides is 1. The number of aliphatic hydroxyl groups is 1. The molecule has 56 heavy (non-hydrogen) atoms. The molecular formula is C41H48N5O9S+. The number of aromatic nitrogens is 1. The van der Waals surface area contributed by atoms with Crippen molar-refractivity contribution >= 4 is 40.2 Å². The second-order valence-electron chi connectivity index (χ2n) is 15.7. The number of phenols is 1. The largest absolute Gasteiger partial charge is 0.504 e. The van der Waals surface area contributed by atoms with Crippen LogP contribution in [0.25, 0.3) is 10.9 Å². The van der Waals surface area contributed by atoms with Gasteiger partial charge in [-0.2, -0.15) is 0 Å². The summed E-state index contributed by atoms with van der Waals surface area (Å²) in [5, 5.41) is 28.6. The normalized spacial score (nSPS) is 26.2. The monoisotopic (exact) mass is 786 g/mol. The molecule has 0 spiro atoms. The van der Waals surface area contributed by atoms with Gasteiger partial charge in [-0.25, -0.2) is 0 Å². The number of aromatic amines is 1. The van der Waals surface area contributed by atoms with Gasteiger partial charge in [-0.05, 0) is 37.1 Å². The Morgan fingerprint density at radius 1 is 1.11 bits per heavy atom. The predicted octanol–water partition coefficient (Wildman–Crippen LogP) is 4.69. The molecule has 0 aliphatic carbocycles. The van der Waals surface area contributed by atoms with E-state index in [0.29, 0.717) is 35.2 Å². The van der Waals surface area contributed by atoms with Gasteiger partial charge in [0, 0.05) is 65.6 Å². The van der Waals surface area contributed by atoms with E-state index in [0.717, 1.165) is 86.5 Å². The molecule has 2 saturated heterocycles. The molecule has 15 heteroatoms. The number of hydrogen-bond donors (Lipinski definition) is 5. The summed E-state index contributed by atoms with van der Waals surface area (Å²) in [5.41, 5.74) is 8.05. The van der Waals surface area contributed by atoms with Crippen molar-refractivity contribution in [3.05, 3.63) is 63.3 Å². The second-order valence-corrected chi connectivity index (χ2v) is 16.9. The Labute approximate surface area is 329 Å². The fourth-order valence-corrected chi connectivity index (χ4v) is 12.0. The van der Waals surface area contributed by atoms with E-state index < -0.39 is 18.5 Å². The third-order valence-corrected chi connectivity index (χ3v) is 14.0.